The minimum absolute atomic E-state index is 0.0198. The number of hydrogen-bond donors (Lipinski definition) is 0. The van der Waals surface area contributed by atoms with Crippen LogP contribution in [0.2, 0.25) is 0 Å². The van der Waals surface area contributed by atoms with Crippen LogP contribution in [-0.2, 0) is 12.7 Å². The molecule has 0 aliphatic heterocycles. The zero-order valence-corrected chi connectivity index (χ0v) is 13.8. The average molecular weight is 368 g/mol. The highest BCUT2D eigenvalue weighted by Gasteiger charge is 2.30. The Labute approximate surface area is 144 Å². The summed E-state index contributed by atoms with van der Waals surface area (Å²) < 4.78 is 53.3. The Balaban J connectivity index is 2.10. The molecule has 1 aromatic heterocycles. The summed E-state index contributed by atoms with van der Waals surface area (Å²) in [4.78, 5) is 17.4. The van der Waals surface area contributed by atoms with Crippen LogP contribution in [0.1, 0.15) is 11.1 Å². The third kappa shape index (κ3) is 3.53. The molecule has 0 aliphatic carbocycles. The Morgan fingerprint density at radius 3 is 2.60 bits per heavy atom. The lowest BCUT2D eigenvalue weighted by molar-refractivity contribution is -0.137. The molecule has 0 spiro atoms. The van der Waals surface area contributed by atoms with Crippen molar-refractivity contribution in [3.05, 3.63) is 70.0 Å². The van der Waals surface area contributed by atoms with Gasteiger partial charge in [0, 0.05) is 4.90 Å². The van der Waals surface area contributed by atoms with Gasteiger partial charge in [-0.3, -0.25) is 9.36 Å². The summed E-state index contributed by atoms with van der Waals surface area (Å²) in [7, 11) is 0. The molecule has 0 N–H and O–H groups in total. The van der Waals surface area contributed by atoms with Gasteiger partial charge in [0.1, 0.15) is 5.82 Å². The Kier molecular flexibility index (Phi) is 4.55. The molecule has 3 nitrogen and oxygen atoms in total. The van der Waals surface area contributed by atoms with Crippen molar-refractivity contribution >= 4 is 22.7 Å². The summed E-state index contributed by atoms with van der Waals surface area (Å²) in [5.74, 6) is -0.450. The highest BCUT2D eigenvalue weighted by Crippen LogP contribution is 2.30. The van der Waals surface area contributed by atoms with E-state index in [2.05, 4.69) is 4.98 Å². The molecule has 0 unspecified atom stereocenters. The average Bonchev–Trinajstić information content (AvgIpc) is 2.56. The SMILES string of the molecule is CSc1ccc(F)cc1Cn1cnc2ccc(C(F)(F)F)cc2c1=O. The predicted molar refractivity (Wildman–Crippen MR) is 88.3 cm³/mol. The molecule has 0 bridgehead atoms. The number of fused-ring (bicyclic) bond motifs is 1. The molecule has 0 fully saturated rings. The minimum atomic E-state index is -4.55. The zero-order valence-electron chi connectivity index (χ0n) is 13.0. The van der Waals surface area contributed by atoms with Crippen molar-refractivity contribution in [1.29, 1.82) is 0 Å². The molecule has 0 saturated heterocycles. The first kappa shape index (κ1) is 17.5. The van der Waals surface area contributed by atoms with Gasteiger partial charge >= 0.3 is 6.18 Å². The molecule has 0 radical (unpaired) electrons. The van der Waals surface area contributed by atoms with E-state index in [0.29, 0.717) is 5.56 Å². The summed E-state index contributed by atoms with van der Waals surface area (Å²) in [6, 6.07) is 7.05. The van der Waals surface area contributed by atoms with Crippen LogP contribution in [0.4, 0.5) is 17.6 Å². The first-order chi connectivity index (χ1) is 11.8. The summed E-state index contributed by atoms with van der Waals surface area (Å²) in [6.45, 7) is 0.0198. The van der Waals surface area contributed by atoms with Gasteiger partial charge in [0.25, 0.3) is 5.56 Å². The second-order valence-corrected chi connectivity index (χ2v) is 6.21. The molecule has 0 amide bonds. The quantitative estimate of drug-likeness (QED) is 0.510. The van der Waals surface area contributed by atoms with Crippen LogP contribution in [0.15, 0.2) is 52.4 Å². The minimum Gasteiger partial charge on any atom is -0.294 e. The summed E-state index contributed by atoms with van der Waals surface area (Å²) >= 11 is 1.39. The van der Waals surface area contributed by atoms with Crippen LogP contribution in [0.5, 0.6) is 0 Å². The van der Waals surface area contributed by atoms with Gasteiger partial charge in [-0.05, 0) is 48.2 Å². The molecule has 0 aliphatic rings. The molecule has 25 heavy (non-hydrogen) atoms. The first-order valence-corrected chi connectivity index (χ1v) is 8.41. The lowest BCUT2D eigenvalue weighted by atomic mass is 10.1. The monoisotopic (exact) mass is 368 g/mol. The number of aromatic nitrogens is 2. The highest BCUT2D eigenvalue weighted by atomic mass is 32.2. The Bertz CT molecular complexity index is 998. The molecule has 1 heterocycles. The molecular formula is C17H12F4N2OS. The summed E-state index contributed by atoms with van der Waals surface area (Å²) in [6.07, 6.45) is -1.48. The standard InChI is InChI=1S/C17H12F4N2OS/c1-25-15-5-3-12(18)6-10(15)8-23-9-22-14-4-2-11(17(19,20)21)7-13(14)16(23)24/h2-7,9H,8H2,1H3. The van der Waals surface area contributed by atoms with Crippen molar-refractivity contribution < 1.29 is 17.6 Å². The number of benzene rings is 2. The van der Waals surface area contributed by atoms with Crippen LogP contribution >= 0.6 is 11.8 Å². The fraction of sp³-hybridized carbons (Fsp3) is 0.176. The van der Waals surface area contributed by atoms with E-state index in [1.54, 1.807) is 6.07 Å². The second-order valence-electron chi connectivity index (χ2n) is 5.36. The Morgan fingerprint density at radius 2 is 1.92 bits per heavy atom. The molecule has 2 aromatic carbocycles. The lowest BCUT2D eigenvalue weighted by Gasteiger charge is -2.11. The fourth-order valence-electron chi connectivity index (χ4n) is 2.50. The van der Waals surface area contributed by atoms with Crippen LogP contribution in [0.25, 0.3) is 10.9 Å². The third-order valence-electron chi connectivity index (χ3n) is 3.73. The molecule has 0 atom stereocenters. The van der Waals surface area contributed by atoms with Gasteiger partial charge in [-0.15, -0.1) is 11.8 Å². The smallest absolute Gasteiger partial charge is 0.294 e. The fourth-order valence-corrected chi connectivity index (χ4v) is 3.09. The Morgan fingerprint density at radius 1 is 1.16 bits per heavy atom. The van der Waals surface area contributed by atoms with E-state index in [-0.39, 0.29) is 17.4 Å². The molecule has 8 heteroatoms. The van der Waals surface area contributed by atoms with Crippen molar-refractivity contribution in [2.75, 3.05) is 6.26 Å². The number of nitrogens with zero attached hydrogens (tertiary/aromatic N) is 2. The van der Waals surface area contributed by atoms with E-state index in [4.69, 9.17) is 0 Å². The van der Waals surface area contributed by atoms with Gasteiger partial charge in [-0.25, -0.2) is 9.37 Å². The van der Waals surface area contributed by atoms with Gasteiger partial charge in [0.05, 0.1) is 29.3 Å². The van der Waals surface area contributed by atoms with Crippen molar-refractivity contribution in [3.8, 4) is 0 Å². The topological polar surface area (TPSA) is 34.9 Å². The van der Waals surface area contributed by atoms with Crippen LogP contribution < -0.4 is 5.56 Å². The molecular weight excluding hydrogens is 356 g/mol. The number of hydrogen-bond acceptors (Lipinski definition) is 3. The predicted octanol–water partition coefficient (Wildman–Crippen LogP) is 4.32. The van der Waals surface area contributed by atoms with Gasteiger partial charge in [0.2, 0.25) is 0 Å². The number of rotatable bonds is 3. The van der Waals surface area contributed by atoms with E-state index < -0.39 is 23.1 Å². The van der Waals surface area contributed by atoms with E-state index in [9.17, 15) is 22.4 Å². The van der Waals surface area contributed by atoms with Crippen molar-refractivity contribution in [3.63, 3.8) is 0 Å². The summed E-state index contributed by atoms with van der Waals surface area (Å²) in [5.41, 5.74) is -0.777. The highest BCUT2D eigenvalue weighted by molar-refractivity contribution is 7.98. The maximum atomic E-state index is 13.5. The van der Waals surface area contributed by atoms with Crippen molar-refractivity contribution in [2.45, 2.75) is 17.6 Å². The lowest BCUT2D eigenvalue weighted by Crippen LogP contribution is -2.22. The van der Waals surface area contributed by atoms with Gasteiger partial charge in [0.15, 0.2) is 0 Å². The first-order valence-electron chi connectivity index (χ1n) is 7.18. The van der Waals surface area contributed by atoms with Crippen LogP contribution in [0, 0.1) is 5.82 Å². The second kappa shape index (κ2) is 6.51. The van der Waals surface area contributed by atoms with E-state index in [0.717, 1.165) is 17.0 Å². The van der Waals surface area contributed by atoms with Gasteiger partial charge in [-0.1, -0.05) is 0 Å². The van der Waals surface area contributed by atoms with Crippen LogP contribution in [0.3, 0.4) is 0 Å². The van der Waals surface area contributed by atoms with E-state index in [1.165, 1.54) is 40.9 Å². The maximum Gasteiger partial charge on any atom is 0.416 e. The molecule has 130 valence electrons. The largest absolute Gasteiger partial charge is 0.416 e. The van der Waals surface area contributed by atoms with Crippen LogP contribution in [-0.4, -0.2) is 15.8 Å². The number of thioether (sulfide) groups is 1. The maximum absolute atomic E-state index is 13.5. The van der Waals surface area contributed by atoms with Crippen molar-refractivity contribution in [1.82, 2.24) is 9.55 Å². The van der Waals surface area contributed by atoms with E-state index >= 15 is 0 Å². The molecule has 3 rings (SSSR count). The number of alkyl halides is 3. The zero-order chi connectivity index (χ0) is 18.2. The summed E-state index contributed by atoms with van der Waals surface area (Å²) in [5, 5.41) is -0.126. The van der Waals surface area contributed by atoms with Crippen molar-refractivity contribution in [2.24, 2.45) is 0 Å². The van der Waals surface area contributed by atoms with Gasteiger partial charge < -0.3 is 0 Å². The molecule has 3 aromatic rings. The Hall–Kier alpha value is -2.35. The number of halogens is 4. The van der Waals surface area contributed by atoms with E-state index in [1.807, 2.05) is 6.26 Å². The third-order valence-corrected chi connectivity index (χ3v) is 4.57. The normalized spacial score (nSPS) is 11.9. The molecule has 0 saturated carbocycles. The van der Waals surface area contributed by atoms with Gasteiger partial charge in [-0.2, -0.15) is 13.2 Å².